The minimum atomic E-state index is -3.26. The highest BCUT2D eigenvalue weighted by molar-refractivity contribution is 7.88. The van der Waals surface area contributed by atoms with E-state index in [4.69, 9.17) is 0 Å². The van der Waals surface area contributed by atoms with Crippen LogP contribution in [0.1, 0.15) is 18.4 Å². The molecule has 1 fully saturated rings. The van der Waals surface area contributed by atoms with Gasteiger partial charge >= 0.3 is 0 Å². The first kappa shape index (κ1) is 19.7. The summed E-state index contributed by atoms with van der Waals surface area (Å²) in [6.07, 6.45) is 3.76. The number of nitrogens with zero attached hydrogens (tertiary/aromatic N) is 4. The maximum atomic E-state index is 13.6. The number of hydrogen-bond donors (Lipinski definition) is 1. The van der Waals surface area contributed by atoms with Crippen LogP contribution in [0, 0.1) is 0 Å². The molecule has 3 rings (SSSR count). The fourth-order valence-corrected chi connectivity index (χ4v) is 4.02. The predicted molar refractivity (Wildman–Crippen MR) is 100 cm³/mol. The zero-order chi connectivity index (χ0) is 20.0. The first-order valence-electron chi connectivity index (χ1n) is 8.43. The number of rotatable bonds is 4. The summed E-state index contributed by atoms with van der Waals surface area (Å²) in [5, 5.41) is 3.47. The summed E-state index contributed by atoms with van der Waals surface area (Å²) < 4.78 is 52.9. The van der Waals surface area contributed by atoms with E-state index in [2.05, 4.69) is 15.3 Å². The molecule has 0 amide bonds. The quantitative estimate of drug-likeness (QED) is 0.719. The van der Waals surface area contributed by atoms with Gasteiger partial charge in [-0.05, 0) is 18.9 Å². The van der Waals surface area contributed by atoms with E-state index in [0.717, 1.165) is 10.6 Å². The first-order valence-corrected chi connectivity index (χ1v) is 10.3. The third-order valence-electron chi connectivity index (χ3n) is 4.68. The van der Waals surface area contributed by atoms with Crippen molar-refractivity contribution >= 4 is 34.9 Å². The summed E-state index contributed by atoms with van der Waals surface area (Å²) in [5.41, 5.74) is -1.16. The summed E-state index contributed by atoms with van der Waals surface area (Å²) in [4.78, 5) is 20.6. The van der Waals surface area contributed by atoms with Crippen LogP contribution in [0.5, 0.6) is 0 Å². The molecule has 0 spiro atoms. The summed E-state index contributed by atoms with van der Waals surface area (Å²) >= 11 is 0. The lowest BCUT2D eigenvalue weighted by Gasteiger charge is -2.30. The maximum Gasteiger partial charge on any atom is 0.260 e. The first-order chi connectivity index (χ1) is 12.5. The Kier molecular flexibility index (Phi) is 4.97. The lowest BCUT2D eigenvalue weighted by atomic mass is 9.91. The molecule has 1 aliphatic rings. The van der Waals surface area contributed by atoms with Crippen molar-refractivity contribution in [2.24, 2.45) is 7.05 Å². The molecule has 0 aromatic carbocycles. The molecule has 0 aliphatic carbocycles. The molecular formula is C15H20BF2N5O3S. The average Bonchev–Trinajstić information content (AvgIpc) is 2.57. The molecule has 8 nitrogen and oxygen atoms in total. The summed E-state index contributed by atoms with van der Waals surface area (Å²) in [7, 11) is -1.14. The van der Waals surface area contributed by atoms with Crippen LogP contribution in [0.15, 0.2) is 17.1 Å². The minimum absolute atomic E-state index is 0.0169. The fraction of sp³-hybridized carbons (Fsp3) is 0.533. The zero-order valence-electron chi connectivity index (χ0n) is 15.2. The Morgan fingerprint density at radius 2 is 1.96 bits per heavy atom. The van der Waals surface area contributed by atoms with Crippen LogP contribution in [0.3, 0.4) is 0 Å². The lowest BCUT2D eigenvalue weighted by molar-refractivity contribution is 0.0922. The molecule has 1 aliphatic heterocycles. The van der Waals surface area contributed by atoms with Crippen molar-refractivity contribution in [1.29, 1.82) is 0 Å². The third kappa shape index (κ3) is 4.11. The molecule has 1 saturated heterocycles. The van der Waals surface area contributed by atoms with Crippen LogP contribution in [0.25, 0.3) is 11.0 Å². The van der Waals surface area contributed by atoms with Gasteiger partial charge in [0.25, 0.3) is 5.56 Å². The molecule has 2 aromatic heterocycles. The van der Waals surface area contributed by atoms with E-state index >= 15 is 0 Å². The average molecular weight is 399 g/mol. The van der Waals surface area contributed by atoms with Gasteiger partial charge in [-0.3, -0.25) is 9.36 Å². The number of aryl methyl sites for hydroxylation is 1. The summed E-state index contributed by atoms with van der Waals surface area (Å²) in [6, 6.07) is 1.10. The largest absolute Gasteiger partial charge is 0.351 e. The van der Waals surface area contributed by atoms with Crippen LogP contribution in [0.4, 0.5) is 14.7 Å². The second-order valence-electron chi connectivity index (χ2n) is 6.86. The highest BCUT2D eigenvalue weighted by Crippen LogP contribution is 2.24. The van der Waals surface area contributed by atoms with Crippen LogP contribution in [0.2, 0.25) is 0 Å². The van der Waals surface area contributed by atoms with Gasteiger partial charge < -0.3 is 5.32 Å². The van der Waals surface area contributed by atoms with Gasteiger partial charge in [0.1, 0.15) is 5.65 Å². The number of halogens is 2. The molecule has 0 bridgehead atoms. The second-order valence-corrected chi connectivity index (χ2v) is 8.85. The van der Waals surface area contributed by atoms with Crippen molar-refractivity contribution in [3.63, 3.8) is 0 Å². The van der Waals surface area contributed by atoms with E-state index < -0.39 is 27.0 Å². The Bertz CT molecular complexity index is 1030. The third-order valence-corrected chi connectivity index (χ3v) is 5.98. The van der Waals surface area contributed by atoms with Gasteiger partial charge in [0.05, 0.1) is 11.8 Å². The van der Waals surface area contributed by atoms with Crippen molar-refractivity contribution < 1.29 is 17.2 Å². The van der Waals surface area contributed by atoms with Gasteiger partial charge in [0.15, 0.2) is 7.85 Å². The lowest BCUT2D eigenvalue weighted by Crippen LogP contribution is -2.42. The second kappa shape index (κ2) is 6.82. The Morgan fingerprint density at radius 3 is 2.52 bits per heavy atom. The number of alkyl halides is 2. The van der Waals surface area contributed by atoms with Crippen LogP contribution < -0.4 is 10.9 Å². The van der Waals surface area contributed by atoms with Crippen molar-refractivity contribution in [3.05, 3.63) is 28.2 Å². The number of piperidine rings is 1. The van der Waals surface area contributed by atoms with E-state index in [1.807, 2.05) is 0 Å². The molecular weight excluding hydrogens is 379 g/mol. The number of anilines is 1. The van der Waals surface area contributed by atoms with Gasteiger partial charge in [-0.2, -0.15) is 4.98 Å². The highest BCUT2D eigenvalue weighted by atomic mass is 32.2. The van der Waals surface area contributed by atoms with E-state index in [1.54, 1.807) is 0 Å². The molecule has 3 heterocycles. The molecule has 146 valence electrons. The number of sulfonamides is 1. The minimum Gasteiger partial charge on any atom is -0.351 e. The maximum absolute atomic E-state index is 13.6. The fourth-order valence-electron chi connectivity index (χ4n) is 3.15. The SMILES string of the molecule is BC(F)(F)c1cc2cnc(NC3CCN(S(C)(=O)=O)CC3)nc2n(C)c1=O. The van der Waals surface area contributed by atoms with Crippen LogP contribution in [-0.2, 0) is 22.9 Å². The molecule has 1 N–H and O–H groups in total. The van der Waals surface area contributed by atoms with Crippen LogP contribution in [-0.4, -0.2) is 60.5 Å². The van der Waals surface area contributed by atoms with Gasteiger partial charge in [-0.15, -0.1) is 0 Å². The van der Waals surface area contributed by atoms with Crippen molar-refractivity contribution in [2.75, 3.05) is 24.7 Å². The molecule has 0 saturated carbocycles. The zero-order valence-corrected chi connectivity index (χ0v) is 16.1. The molecule has 2 aromatic rings. The molecule has 0 unspecified atom stereocenters. The highest BCUT2D eigenvalue weighted by Gasteiger charge is 2.29. The number of hydrogen-bond acceptors (Lipinski definition) is 6. The van der Waals surface area contributed by atoms with Crippen molar-refractivity contribution in [3.8, 4) is 0 Å². The van der Waals surface area contributed by atoms with E-state index in [-0.39, 0.29) is 17.6 Å². The van der Waals surface area contributed by atoms with E-state index in [0.29, 0.717) is 39.2 Å². The molecule has 0 atom stereocenters. The number of aromatic nitrogens is 3. The standard InChI is InChI=1S/C15H20BF2N5O3S/c1-22-12-9(7-11(13(22)24)15(16,17)18)8-19-14(21-12)20-10-3-5-23(6-4-10)27(2,25)26/h7-8,10H,3-6,16H2,1-2H3,(H,19,20,21). The molecule has 27 heavy (non-hydrogen) atoms. The Morgan fingerprint density at radius 1 is 1.33 bits per heavy atom. The topological polar surface area (TPSA) is 97.2 Å². The van der Waals surface area contributed by atoms with Gasteiger partial charge in [0, 0.05) is 37.8 Å². The smallest absolute Gasteiger partial charge is 0.260 e. The van der Waals surface area contributed by atoms with E-state index in [1.165, 1.54) is 23.8 Å². The summed E-state index contributed by atoms with van der Waals surface area (Å²) in [5.74, 6) is -2.99. The normalized spacial score (nSPS) is 17.3. The molecule has 12 heteroatoms. The van der Waals surface area contributed by atoms with Crippen LogP contribution >= 0.6 is 0 Å². The predicted octanol–water partition coefficient (Wildman–Crippen LogP) is -0.153. The number of fused-ring (bicyclic) bond motifs is 1. The Balaban J connectivity index is 1.84. The summed E-state index contributed by atoms with van der Waals surface area (Å²) in [6.45, 7) is 0.801. The Labute approximate surface area is 156 Å². The van der Waals surface area contributed by atoms with Gasteiger partial charge in [0.2, 0.25) is 21.8 Å². The number of pyridine rings is 1. The van der Waals surface area contributed by atoms with Crippen molar-refractivity contribution in [1.82, 2.24) is 18.8 Å². The number of nitrogens with one attached hydrogen (secondary N) is 1. The van der Waals surface area contributed by atoms with Crippen molar-refractivity contribution in [2.45, 2.75) is 24.7 Å². The Hall–Kier alpha value is -2.08. The van der Waals surface area contributed by atoms with E-state index in [9.17, 15) is 22.0 Å². The monoisotopic (exact) mass is 399 g/mol. The van der Waals surface area contributed by atoms with Gasteiger partial charge in [-0.1, -0.05) is 0 Å². The molecule has 0 radical (unpaired) electrons. The van der Waals surface area contributed by atoms with Gasteiger partial charge in [-0.25, -0.2) is 26.5 Å².